The molecule has 3 rings (SSSR count). The number of halogens is 2. The third-order valence-electron chi connectivity index (χ3n) is 4.43. The van der Waals surface area contributed by atoms with E-state index in [0.29, 0.717) is 22.0 Å². The molecule has 0 fully saturated rings. The monoisotopic (exact) mass is 418 g/mol. The Balaban J connectivity index is 2.03. The molecule has 29 heavy (non-hydrogen) atoms. The molecule has 1 aliphatic rings. The lowest BCUT2D eigenvalue weighted by Crippen LogP contribution is -2.48. The van der Waals surface area contributed by atoms with Crippen LogP contribution in [-0.2, 0) is 9.53 Å². The van der Waals surface area contributed by atoms with Crippen molar-refractivity contribution in [3.8, 4) is 5.75 Å². The van der Waals surface area contributed by atoms with Crippen molar-refractivity contribution in [1.82, 2.24) is 10.2 Å². The summed E-state index contributed by atoms with van der Waals surface area (Å²) in [7, 11) is 1.52. The average molecular weight is 419 g/mol. The fraction of sp³-hybridized carbons (Fsp3) is 0.238. The molecule has 0 bridgehead atoms. The number of nitrogens with one attached hydrogen (secondary N) is 1. The predicted molar refractivity (Wildman–Crippen MR) is 106 cm³/mol. The number of rotatable bonds is 6. The summed E-state index contributed by atoms with van der Waals surface area (Å²) in [5.41, 5.74) is 0.928. The molecule has 0 aliphatic carbocycles. The smallest absolute Gasteiger partial charge is 0.338 e. The number of ether oxygens (including phenoxy) is 2. The Labute approximate surface area is 172 Å². The summed E-state index contributed by atoms with van der Waals surface area (Å²) in [6.45, 7) is 1.76. The number of carbonyl (C=O) groups excluding carboxylic acids is 2. The lowest BCUT2D eigenvalue weighted by molar-refractivity contribution is -0.139. The van der Waals surface area contributed by atoms with Gasteiger partial charge in [-0.05, 0) is 42.8 Å². The normalized spacial score (nSPS) is 16.5. The minimum Gasteiger partial charge on any atom is -0.487 e. The van der Waals surface area contributed by atoms with E-state index < -0.39 is 23.9 Å². The van der Waals surface area contributed by atoms with Crippen molar-refractivity contribution in [2.45, 2.75) is 13.0 Å². The van der Waals surface area contributed by atoms with Crippen molar-refractivity contribution in [3.05, 3.63) is 76.2 Å². The van der Waals surface area contributed by atoms with Gasteiger partial charge in [0.1, 0.15) is 18.2 Å². The van der Waals surface area contributed by atoms with E-state index in [4.69, 9.17) is 21.1 Å². The highest BCUT2D eigenvalue weighted by molar-refractivity contribution is 6.30. The topological polar surface area (TPSA) is 67.9 Å². The van der Waals surface area contributed by atoms with Crippen LogP contribution in [0.1, 0.15) is 18.5 Å². The van der Waals surface area contributed by atoms with Gasteiger partial charge in [-0.2, -0.15) is 0 Å². The van der Waals surface area contributed by atoms with Crippen LogP contribution in [0.4, 0.5) is 9.18 Å². The summed E-state index contributed by atoms with van der Waals surface area (Å²) in [4.78, 5) is 26.6. The van der Waals surface area contributed by atoms with Crippen LogP contribution in [0.2, 0.25) is 5.02 Å². The third-order valence-corrected chi connectivity index (χ3v) is 4.66. The summed E-state index contributed by atoms with van der Waals surface area (Å²) < 4.78 is 24.8. The highest BCUT2D eigenvalue weighted by Gasteiger charge is 2.37. The molecule has 1 heterocycles. The van der Waals surface area contributed by atoms with Gasteiger partial charge in [-0.15, -0.1) is 0 Å². The number of benzene rings is 2. The van der Waals surface area contributed by atoms with Crippen molar-refractivity contribution in [1.29, 1.82) is 0 Å². The van der Waals surface area contributed by atoms with Crippen LogP contribution in [0.5, 0.6) is 5.75 Å². The Morgan fingerprint density at radius 1 is 1.24 bits per heavy atom. The minimum atomic E-state index is -0.869. The van der Waals surface area contributed by atoms with Crippen molar-refractivity contribution >= 4 is 23.6 Å². The molecule has 2 amide bonds. The Kier molecular flexibility index (Phi) is 6.39. The van der Waals surface area contributed by atoms with Gasteiger partial charge in [0, 0.05) is 12.1 Å². The molecule has 0 aromatic heterocycles. The van der Waals surface area contributed by atoms with Gasteiger partial charge in [-0.25, -0.2) is 14.0 Å². The second kappa shape index (κ2) is 8.96. The fourth-order valence-electron chi connectivity index (χ4n) is 3.03. The van der Waals surface area contributed by atoms with E-state index >= 15 is 0 Å². The molecule has 8 heteroatoms. The van der Waals surface area contributed by atoms with Crippen LogP contribution in [0.25, 0.3) is 0 Å². The first-order chi connectivity index (χ1) is 13.9. The zero-order chi connectivity index (χ0) is 21.0. The molecule has 152 valence electrons. The number of likely N-dealkylation sites (N-methyl/N-ethyl adjacent to an activating group) is 1. The first kappa shape index (κ1) is 20.7. The van der Waals surface area contributed by atoms with Gasteiger partial charge >= 0.3 is 12.0 Å². The molecule has 1 atom stereocenters. The predicted octanol–water partition coefficient (Wildman–Crippen LogP) is 4.07. The van der Waals surface area contributed by atoms with Crippen molar-refractivity contribution in [2.24, 2.45) is 0 Å². The molecule has 6 nitrogen and oxygen atoms in total. The lowest BCUT2D eigenvalue weighted by atomic mass is 9.94. The van der Waals surface area contributed by atoms with Gasteiger partial charge in [0.2, 0.25) is 0 Å². The fourth-order valence-corrected chi connectivity index (χ4v) is 3.21. The maximum absolute atomic E-state index is 13.8. The molecular formula is C21H20ClFN2O4. The second-order valence-electron chi connectivity index (χ2n) is 6.32. The molecule has 0 saturated heterocycles. The molecule has 0 saturated carbocycles. The maximum Gasteiger partial charge on any atom is 0.338 e. The summed E-state index contributed by atoms with van der Waals surface area (Å²) in [5, 5.41) is 3.22. The van der Waals surface area contributed by atoms with Gasteiger partial charge < -0.3 is 14.8 Å². The van der Waals surface area contributed by atoms with Crippen LogP contribution in [0, 0.1) is 5.82 Å². The average Bonchev–Trinajstić information content (AvgIpc) is 2.69. The zero-order valence-corrected chi connectivity index (χ0v) is 16.7. The first-order valence-corrected chi connectivity index (χ1v) is 9.36. The molecule has 1 unspecified atom stereocenters. The van der Waals surface area contributed by atoms with Crippen LogP contribution < -0.4 is 10.1 Å². The number of nitrogens with zero attached hydrogens (tertiary/aromatic N) is 1. The number of esters is 1. The standard InChI is InChI=1S/C21H20ClFN2O4/c1-3-28-20(26)18-17(12-29-16-9-5-7-14(22)11-16)25(2)21(27)24-19(18)13-6-4-8-15(23)10-13/h4-11,19H,3,12H2,1-2H3,(H,24,27). The quantitative estimate of drug-likeness (QED) is 0.718. The molecular weight excluding hydrogens is 399 g/mol. The molecule has 1 aliphatic heterocycles. The molecule has 2 aromatic rings. The second-order valence-corrected chi connectivity index (χ2v) is 6.76. The Bertz CT molecular complexity index is 963. The van der Waals surface area contributed by atoms with E-state index in [2.05, 4.69) is 5.32 Å². The van der Waals surface area contributed by atoms with Gasteiger partial charge in [0.15, 0.2) is 0 Å². The Hall–Kier alpha value is -3.06. The highest BCUT2D eigenvalue weighted by Crippen LogP contribution is 2.32. The van der Waals surface area contributed by atoms with Gasteiger partial charge in [-0.1, -0.05) is 29.8 Å². The number of carbonyl (C=O) groups is 2. The minimum absolute atomic E-state index is 0.0791. The van der Waals surface area contributed by atoms with Crippen LogP contribution >= 0.6 is 11.6 Å². The zero-order valence-electron chi connectivity index (χ0n) is 15.9. The van der Waals surface area contributed by atoms with Crippen molar-refractivity contribution in [2.75, 3.05) is 20.3 Å². The molecule has 0 radical (unpaired) electrons. The van der Waals surface area contributed by atoms with Gasteiger partial charge in [0.05, 0.1) is 23.9 Å². The van der Waals surface area contributed by atoms with E-state index in [-0.39, 0.29) is 18.8 Å². The number of amides is 2. The van der Waals surface area contributed by atoms with Crippen molar-refractivity contribution < 1.29 is 23.5 Å². The van der Waals surface area contributed by atoms with E-state index in [1.807, 2.05) is 0 Å². The largest absolute Gasteiger partial charge is 0.487 e. The number of hydrogen-bond acceptors (Lipinski definition) is 4. The van der Waals surface area contributed by atoms with Crippen LogP contribution in [-0.4, -0.2) is 37.2 Å². The SMILES string of the molecule is CCOC(=O)C1=C(COc2cccc(Cl)c2)N(C)C(=O)NC1c1cccc(F)c1. The molecule has 2 aromatic carbocycles. The van der Waals surface area contributed by atoms with E-state index in [1.54, 1.807) is 37.3 Å². The van der Waals surface area contributed by atoms with Crippen LogP contribution in [0.3, 0.4) is 0 Å². The van der Waals surface area contributed by atoms with Crippen LogP contribution in [0.15, 0.2) is 59.8 Å². The third kappa shape index (κ3) is 4.68. The summed E-state index contributed by atoms with van der Waals surface area (Å²) >= 11 is 5.98. The van der Waals surface area contributed by atoms with E-state index in [1.165, 1.54) is 30.1 Å². The van der Waals surface area contributed by atoms with Gasteiger partial charge in [0.25, 0.3) is 0 Å². The summed E-state index contributed by atoms with van der Waals surface area (Å²) in [6.07, 6.45) is 0. The lowest BCUT2D eigenvalue weighted by Gasteiger charge is -2.34. The Morgan fingerprint density at radius 2 is 2.00 bits per heavy atom. The Morgan fingerprint density at radius 3 is 2.69 bits per heavy atom. The number of hydrogen-bond donors (Lipinski definition) is 1. The first-order valence-electron chi connectivity index (χ1n) is 8.99. The van der Waals surface area contributed by atoms with E-state index in [9.17, 15) is 14.0 Å². The molecule has 1 N–H and O–H groups in total. The molecule has 0 spiro atoms. The number of urea groups is 1. The highest BCUT2D eigenvalue weighted by atomic mass is 35.5. The van der Waals surface area contributed by atoms with E-state index in [0.717, 1.165) is 0 Å². The summed E-state index contributed by atoms with van der Waals surface area (Å²) in [5.74, 6) is -0.608. The van der Waals surface area contributed by atoms with Crippen molar-refractivity contribution in [3.63, 3.8) is 0 Å². The maximum atomic E-state index is 13.8. The van der Waals surface area contributed by atoms with Gasteiger partial charge in [-0.3, -0.25) is 4.90 Å². The summed E-state index contributed by atoms with van der Waals surface area (Å²) in [6, 6.07) is 11.2.